The first-order valence-electron chi connectivity index (χ1n) is 7.66. The van der Waals surface area contributed by atoms with Gasteiger partial charge in [-0.25, -0.2) is 0 Å². The monoisotopic (exact) mass is 278 g/mol. The maximum atomic E-state index is 6.19. The number of para-hydroxylation sites is 1. The topological polar surface area (TPSA) is 38.4 Å². The summed E-state index contributed by atoms with van der Waals surface area (Å²) in [5.41, 5.74) is 11.7. The summed E-state index contributed by atoms with van der Waals surface area (Å²) < 4.78 is 0. The van der Waals surface area contributed by atoms with Crippen molar-refractivity contribution in [2.75, 3.05) is 5.73 Å². The molecule has 2 aromatic rings. The molecule has 0 saturated heterocycles. The predicted molar refractivity (Wildman–Crippen MR) is 90.0 cm³/mol. The number of hydrogen-bond acceptors (Lipinski definition) is 2. The number of aliphatic imine (C=N–C) groups is 1. The van der Waals surface area contributed by atoms with Crippen LogP contribution in [0.3, 0.4) is 0 Å². The third-order valence-electron chi connectivity index (χ3n) is 4.23. The Labute approximate surface area is 126 Å². The molecule has 0 aliphatic carbocycles. The minimum Gasteiger partial charge on any atom is -0.398 e. The van der Waals surface area contributed by atoms with Gasteiger partial charge in [-0.05, 0) is 31.4 Å². The number of nitrogens with zero attached hydrogens (tertiary/aromatic N) is 1. The van der Waals surface area contributed by atoms with E-state index in [2.05, 4.69) is 44.2 Å². The Kier molecular flexibility index (Phi) is 3.54. The molecule has 0 amide bonds. The first-order chi connectivity index (χ1) is 10.1. The summed E-state index contributed by atoms with van der Waals surface area (Å²) in [5, 5.41) is 0. The van der Waals surface area contributed by atoms with Crippen LogP contribution in [0.2, 0.25) is 0 Å². The SMILES string of the molecule is CCCC1(C)Cc2ccccc2C(c2ccccc2N)=N1. The van der Waals surface area contributed by atoms with Crippen LogP contribution in [0.1, 0.15) is 43.4 Å². The van der Waals surface area contributed by atoms with Crippen LogP contribution in [0.25, 0.3) is 0 Å². The zero-order valence-corrected chi connectivity index (χ0v) is 12.8. The van der Waals surface area contributed by atoms with E-state index in [1.165, 1.54) is 11.1 Å². The van der Waals surface area contributed by atoms with Crippen LogP contribution in [0.5, 0.6) is 0 Å². The van der Waals surface area contributed by atoms with Crippen molar-refractivity contribution in [3.05, 3.63) is 65.2 Å². The molecule has 0 saturated carbocycles. The number of fused-ring (bicyclic) bond motifs is 1. The van der Waals surface area contributed by atoms with Gasteiger partial charge in [0.05, 0.1) is 11.3 Å². The van der Waals surface area contributed by atoms with Crippen molar-refractivity contribution in [1.29, 1.82) is 0 Å². The second-order valence-electron chi connectivity index (χ2n) is 6.13. The molecule has 0 bridgehead atoms. The number of hydrogen-bond donors (Lipinski definition) is 1. The normalized spacial score (nSPS) is 20.8. The Morgan fingerprint density at radius 1 is 1.05 bits per heavy atom. The van der Waals surface area contributed by atoms with Crippen molar-refractivity contribution in [2.45, 2.75) is 38.6 Å². The van der Waals surface area contributed by atoms with Crippen molar-refractivity contribution < 1.29 is 0 Å². The van der Waals surface area contributed by atoms with Gasteiger partial charge in [-0.2, -0.15) is 0 Å². The van der Waals surface area contributed by atoms with Gasteiger partial charge in [0.15, 0.2) is 0 Å². The first-order valence-corrected chi connectivity index (χ1v) is 7.66. The predicted octanol–water partition coefficient (Wildman–Crippen LogP) is 4.22. The third-order valence-corrected chi connectivity index (χ3v) is 4.23. The minimum absolute atomic E-state index is 0.0271. The van der Waals surface area contributed by atoms with Gasteiger partial charge >= 0.3 is 0 Å². The van der Waals surface area contributed by atoms with Crippen LogP contribution < -0.4 is 5.73 Å². The van der Waals surface area contributed by atoms with Crippen molar-refractivity contribution in [3.63, 3.8) is 0 Å². The summed E-state index contributed by atoms with van der Waals surface area (Å²) in [6, 6.07) is 16.6. The van der Waals surface area contributed by atoms with Gasteiger partial charge in [0.1, 0.15) is 0 Å². The standard InChI is InChI=1S/C19H22N2/c1-3-12-19(2)13-14-8-4-5-9-15(14)18(21-19)16-10-6-7-11-17(16)20/h4-11H,3,12-13,20H2,1-2H3. The van der Waals surface area contributed by atoms with E-state index >= 15 is 0 Å². The molecule has 108 valence electrons. The maximum Gasteiger partial charge on any atom is 0.0749 e. The number of rotatable bonds is 3. The first kappa shape index (κ1) is 13.9. The summed E-state index contributed by atoms with van der Waals surface area (Å²) in [7, 11) is 0. The van der Waals surface area contributed by atoms with Crippen LogP contribution in [0, 0.1) is 0 Å². The molecule has 1 aliphatic rings. The Morgan fingerprint density at radius 3 is 2.43 bits per heavy atom. The lowest BCUT2D eigenvalue weighted by Gasteiger charge is -2.32. The average Bonchev–Trinajstić information content (AvgIpc) is 2.47. The van der Waals surface area contributed by atoms with Crippen LogP contribution in [0.15, 0.2) is 53.5 Å². The second kappa shape index (κ2) is 5.36. The number of nitrogens with two attached hydrogens (primary N) is 1. The van der Waals surface area contributed by atoms with Crippen LogP contribution in [-0.2, 0) is 6.42 Å². The van der Waals surface area contributed by atoms with Crippen LogP contribution in [-0.4, -0.2) is 11.3 Å². The molecule has 3 rings (SSSR count). The molecular weight excluding hydrogens is 256 g/mol. The Balaban J connectivity index is 2.19. The van der Waals surface area contributed by atoms with Crippen LogP contribution >= 0.6 is 0 Å². The van der Waals surface area contributed by atoms with E-state index in [0.29, 0.717) is 0 Å². The number of anilines is 1. The summed E-state index contributed by atoms with van der Waals surface area (Å²) in [5.74, 6) is 0. The lowest BCUT2D eigenvalue weighted by molar-refractivity contribution is 0.423. The lowest BCUT2D eigenvalue weighted by atomic mass is 9.81. The molecule has 0 aromatic heterocycles. The highest BCUT2D eigenvalue weighted by Gasteiger charge is 2.30. The molecule has 2 N–H and O–H groups in total. The van der Waals surface area contributed by atoms with Crippen molar-refractivity contribution >= 4 is 11.4 Å². The van der Waals surface area contributed by atoms with Crippen molar-refractivity contribution in [3.8, 4) is 0 Å². The Hall–Kier alpha value is -2.09. The van der Waals surface area contributed by atoms with E-state index in [-0.39, 0.29) is 5.54 Å². The van der Waals surface area contributed by atoms with E-state index < -0.39 is 0 Å². The molecule has 2 aromatic carbocycles. The van der Waals surface area contributed by atoms with E-state index in [1.54, 1.807) is 0 Å². The minimum atomic E-state index is -0.0271. The molecule has 1 heterocycles. The quantitative estimate of drug-likeness (QED) is 0.839. The molecule has 0 fully saturated rings. The zero-order chi connectivity index (χ0) is 14.9. The van der Waals surface area contributed by atoms with E-state index in [4.69, 9.17) is 10.7 Å². The fourth-order valence-electron chi connectivity index (χ4n) is 3.29. The molecule has 2 nitrogen and oxygen atoms in total. The zero-order valence-electron chi connectivity index (χ0n) is 12.8. The van der Waals surface area contributed by atoms with Crippen LogP contribution in [0.4, 0.5) is 5.69 Å². The fourth-order valence-corrected chi connectivity index (χ4v) is 3.29. The van der Waals surface area contributed by atoms with Gasteiger partial charge in [0, 0.05) is 16.8 Å². The van der Waals surface area contributed by atoms with E-state index in [0.717, 1.165) is 36.2 Å². The second-order valence-corrected chi connectivity index (χ2v) is 6.13. The molecule has 1 unspecified atom stereocenters. The fraction of sp³-hybridized carbons (Fsp3) is 0.316. The van der Waals surface area contributed by atoms with E-state index in [9.17, 15) is 0 Å². The van der Waals surface area contributed by atoms with Crippen molar-refractivity contribution in [2.24, 2.45) is 4.99 Å². The summed E-state index contributed by atoms with van der Waals surface area (Å²) in [6.07, 6.45) is 3.24. The maximum absolute atomic E-state index is 6.19. The smallest absolute Gasteiger partial charge is 0.0749 e. The van der Waals surface area contributed by atoms with Gasteiger partial charge in [-0.15, -0.1) is 0 Å². The molecule has 0 radical (unpaired) electrons. The van der Waals surface area contributed by atoms with Gasteiger partial charge < -0.3 is 5.73 Å². The highest BCUT2D eigenvalue weighted by Crippen LogP contribution is 2.33. The summed E-state index contributed by atoms with van der Waals surface area (Å²) in [4.78, 5) is 5.11. The highest BCUT2D eigenvalue weighted by molar-refractivity contribution is 6.17. The van der Waals surface area contributed by atoms with Gasteiger partial charge in [0.25, 0.3) is 0 Å². The Bertz CT molecular complexity index is 687. The lowest BCUT2D eigenvalue weighted by Crippen LogP contribution is -2.32. The van der Waals surface area contributed by atoms with Gasteiger partial charge in [-0.3, -0.25) is 4.99 Å². The van der Waals surface area contributed by atoms with E-state index in [1.807, 2.05) is 18.2 Å². The molecule has 1 aliphatic heterocycles. The largest absolute Gasteiger partial charge is 0.398 e. The summed E-state index contributed by atoms with van der Waals surface area (Å²) >= 11 is 0. The molecule has 2 heteroatoms. The highest BCUT2D eigenvalue weighted by atomic mass is 14.9. The number of benzene rings is 2. The Morgan fingerprint density at radius 2 is 1.71 bits per heavy atom. The molecule has 21 heavy (non-hydrogen) atoms. The van der Waals surface area contributed by atoms with Gasteiger partial charge in [0.2, 0.25) is 0 Å². The third kappa shape index (κ3) is 2.58. The molecular formula is C19H22N2. The van der Waals surface area contributed by atoms with Gasteiger partial charge in [-0.1, -0.05) is 55.8 Å². The molecule has 1 atom stereocenters. The molecule has 0 spiro atoms. The summed E-state index contributed by atoms with van der Waals surface area (Å²) in [6.45, 7) is 4.48. The number of nitrogen functional groups attached to an aromatic ring is 1. The average molecular weight is 278 g/mol. The van der Waals surface area contributed by atoms with Crippen molar-refractivity contribution in [1.82, 2.24) is 0 Å².